The van der Waals surface area contributed by atoms with Crippen molar-refractivity contribution < 1.29 is 13.2 Å². The molecule has 0 bridgehead atoms. The molecule has 0 aliphatic rings. The summed E-state index contributed by atoms with van der Waals surface area (Å²) in [6.07, 6.45) is 1.67. The first-order chi connectivity index (χ1) is 9.88. The van der Waals surface area contributed by atoms with Crippen molar-refractivity contribution in [2.45, 2.75) is 18.2 Å². The first-order valence-electron chi connectivity index (χ1n) is 6.20. The van der Waals surface area contributed by atoms with Gasteiger partial charge < -0.3 is 5.32 Å². The van der Waals surface area contributed by atoms with Crippen molar-refractivity contribution in [1.82, 2.24) is 4.98 Å². The Kier molecular flexibility index (Phi) is 4.35. The van der Waals surface area contributed by atoms with E-state index in [0.29, 0.717) is 5.69 Å². The van der Waals surface area contributed by atoms with Gasteiger partial charge in [0.05, 0.1) is 17.8 Å². The standard InChI is InChI=1S/C14H15N3O3S/c1-10-5-4-8-16-12(10)9-14(18)17-11-6-2-3-7-13(11)21(15,19)20/h2-8H,9H2,1H3,(H,17,18)(H2,15,19,20). The summed E-state index contributed by atoms with van der Waals surface area (Å²) in [5, 5.41) is 7.67. The summed E-state index contributed by atoms with van der Waals surface area (Å²) in [6, 6.07) is 9.63. The topological polar surface area (TPSA) is 102 Å². The van der Waals surface area contributed by atoms with Crippen LogP contribution in [-0.4, -0.2) is 19.3 Å². The second-order valence-corrected chi connectivity index (χ2v) is 6.06. The molecule has 0 saturated heterocycles. The molecule has 7 heteroatoms. The molecule has 1 amide bonds. The zero-order valence-electron chi connectivity index (χ0n) is 11.4. The summed E-state index contributed by atoms with van der Waals surface area (Å²) in [5.74, 6) is -0.354. The number of nitrogens with two attached hydrogens (primary N) is 1. The zero-order chi connectivity index (χ0) is 15.5. The number of nitrogens with zero attached hydrogens (tertiary/aromatic N) is 1. The molecule has 1 aromatic heterocycles. The number of sulfonamides is 1. The van der Waals surface area contributed by atoms with Crippen LogP contribution in [0.4, 0.5) is 5.69 Å². The number of rotatable bonds is 4. The van der Waals surface area contributed by atoms with Crippen LogP contribution in [0.15, 0.2) is 47.5 Å². The fourth-order valence-electron chi connectivity index (χ4n) is 1.87. The number of hydrogen-bond acceptors (Lipinski definition) is 4. The highest BCUT2D eigenvalue weighted by Gasteiger charge is 2.15. The summed E-state index contributed by atoms with van der Waals surface area (Å²) in [6.45, 7) is 1.86. The molecule has 0 atom stereocenters. The van der Waals surface area contributed by atoms with E-state index >= 15 is 0 Å². The minimum absolute atomic E-state index is 0.0611. The average molecular weight is 305 g/mol. The summed E-state index contributed by atoms with van der Waals surface area (Å²) >= 11 is 0. The average Bonchev–Trinajstić information content (AvgIpc) is 2.41. The Morgan fingerprint density at radius 3 is 2.62 bits per heavy atom. The first kappa shape index (κ1) is 15.1. The van der Waals surface area contributed by atoms with Crippen molar-refractivity contribution in [2.24, 2.45) is 5.14 Å². The number of aromatic nitrogens is 1. The monoisotopic (exact) mass is 305 g/mol. The number of primary sulfonamides is 1. The molecule has 0 aliphatic heterocycles. The number of carbonyl (C=O) groups is 1. The minimum atomic E-state index is -3.89. The molecule has 0 unspecified atom stereocenters. The fourth-order valence-corrected chi connectivity index (χ4v) is 2.56. The Hall–Kier alpha value is -2.25. The van der Waals surface area contributed by atoms with Crippen LogP contribution >= 0.6 is 0 Å². The van der Waals surface area contributed by atoms with Gasteiger partial charge in [-0.15, -0.1) is 0 Å². The third-order valence-electron chi connectivity index (χ3n) is 2.91. The van der Waals surface area contributed by atoms with E-state index in [1.54, 1.807) is 18.3 Å². The van der Waals surface area contributed by atoms with Gasteiger partial charge in [-0.3, -0.25) is 9.78 Å². The maximum absolute atomic E-state index is 12.0. The van der Waals surface area contributed by atoms with Crippen molar-refractivity contribution in [2.75, 3.05) is 5.32 Å². The van der Waals surface area contributed by atoms with Crippen LogP contribution in [-0.2, 0) is 21.2 Å². The van der Waals surface area contributed by atoms with E-state index in [1.165, 1.54) is 18.2 Å². The van der Waals surface area contributed by atoms with E-state index in [-0.39, 0.29) is 22.9 Å². The first-order valence-corrected chi connectivity index (χ1v) is 7.75. The Bertz CT molecular complexity index is 773. The Balaban J connectivity index is 2.20. The van der Waals surface area contributed by atoms with Gasteiger partial charge in [-0.1, -0.05) is 18.2 Å². The predicted octanol–water partition coefficient (Wildman–Crippen LogP) is 1.22. The van der Waals surface area contributed by atoms with E-state index < -0.39 is 10.0 Å². The number of aryl methyl sites for hydroxylation is 1. The SMILES string of the molecule is Cc1cccnc1CC(=O)Nc1ccccc1S(N)(=O)=O. The van der Waals surface area contributed by atoms with E-state index in [9.17, 15) is 13.2 Å². The molecule has 1 heterocycles. The van der Waals surface area contributed by atoms with Crippen LogP contribution in [0.25, 0.3) is 0 Å². The molecule has 3 N–H and O–H groups in total. The summed E-state index contributed by atoms with van der Waals surface area (Å²) < 4.78 is 22.9. The lowest BCUT2D eigenvalue weighted by Gasteiger charge is -2.10. The number of hydrogen-bond donors (Lipinski definition) is 2. The van der Waals surface area contributed by atoms with Gasteiger partial charge in [-0.2, -0.15) is 0 Å². The molecular formula is C14H15N3O3S. The van der Waals surface area contributed by atoms with Crippen LogP contribution in [0.5, 0.6) is 0 Å². The normalized spacial score (nSPS) is 11.1. The molecule has 2 rings (SSSR count). The quantitative estimate of drug-likeness (QED) is 0.886. The molecule has 110 valence electrons. The lowest BCUT2D eigenvalue weighted by molar-refractivity contribution is -0.115. The van der Waals surface area contributed by atoms with Gasteiger partial charge in [0.1, 0.15) is 4.90 Å². The van der Waals surface area contributed by atoms with Gasteiger partial charge in [0.25, 0.3) is 0 Å². The highest BCUT2D eigenvalue weighted by molar-refractivity contribution is 7.89. The summed E-state index contributed by atoms with van der Waals surface area (Å²) in [4.78, 5) is 16.0. The third-order valence-corrected chi connectivity index (χ3v) is 3.88. The number of carbonyl (C=O) groups excluding carboxylic acids is 1. The minimum Gasteiger partial charge on any atom is -0.325 e. The molecular weight excluding hydrogens is 290 g/mol. The summed E-state index contributed by atoms with van der Waals surface area (Å²) in [5.41, 5.74) is 1.70. The van der Waals surface area contributed by atoms with E-state index in [4.69, 9.17) is 5.14 Å². The van der Waals surface area contributed by atoms with Crippen molar-refractivity contribution in [3.05, 3.63) is 53.9 Å². The largest absolute Gasteiger partial charge is 0.325 e. The van der Waals surface area contributed by atoms with Crippen LogP contribution < -0.4 is 10.5 Å². The van der Waals surface area contributed by atoms with Crippen molar-refractivity contribution in [3.8, 4) is 0 Å². The number of para-hydroxylation sites is 1. The van der Waals surface area contributed by atoms with Crippen molar-refractivity contribution >= 4 is 21.6 Å². The van der Waals surface area contributed by atoms with Gasteiger partial charge >= 0.3 is 0 Å². The number of benzene rings is 1. The fraction of sp³-hybridized carbons (Fsp3) is 0.143. The maximum atomic E-state index is 12.0. The van der Waals surface area contributed by atoms with E-state index in [1.807, 2.05) is 13.0 Å². The number of amides is 1. The Morgan fingerprint density at radius 1 is 1.24 bits per heavy atom. The second-order valence-electron chi connectivity index (χ2n) is 4.53. The van der Waals surface area contributed by atoms with Crippen LogP contribution in [0.1, 0.15) is 11.3 Å². The van der Waals surface area contributed by atoms with Gasteiger partial charge in [0, 0.05) is 6.20 Å². The summed E-state index contributed by atoms with van der Waals surface area (Å²) in [7, 11) is -3.89. The van der Waals surface area contributed by atoms with Crippen LogP contribution in [0, 0.1) is 6.92 Å². The Morgan fingerprint density at radius 2 is 1.95 bits per heavy atom. The van der Waals surface area contributed by atoms with E-state index in [2.05, 4.69) is 10.3 Å². The van der Waals surface area contributed by atoms with Gasteiger partial charge in [-0.05, 0) is 30.7 Å². The van der Waals surface area contributed by atoms with Crippen LogP contribution in [0.2, 0.25) is 0 Å². The predicted molar refractivity (Wildman–Crippen MR) is 79.1 cm³/mol. The number of nitrogens with one attached hydrogen (secondary N) is 1. The second kappa shape index (κ2) is 6.02. The van der Waals surface area contributed by atoms with E-state index in [0.717, 1.165) is 5.56 Å². The lowest BCUT2D eigenvalue weighted by Crippen LogP contribution is -2.20. The zero-order valence-corrected chi connectivity index (χ0v) is 12.2. The molecule has 0 aliphatic carbocycles. The Labute approximate surface area is 123 Å². The van der Waals surface area contributed by atoms with Crippen molar-refractivity contribution in [1.29, 1.82) is 0 Å². The number of anilines is 1. The number of pyridine rings is 1. The highest BCUT2D eigenvalue weighted by atomic mass is 32.2. The molecule has 21 heavy (non-hydrogen) atoms. The van der Waals surface area contributed by atoms with Crippen LogP contribution in [0.3, 0.4) is 0 Å². The molecule has 6 nitrogen and oxygen atoms in total. The molecule has 2 aromatic rings. The van der Waals surface area contributed by atoms with Gasteiger partial charge in [-0.25, -0.2) is 13.6 Å². The highest BCUT2D eigenvalue weighted by Crippen LogP contribution is 2.19. The molecule has 0 radical (unpaired) electrons. The molecule has 0 saturated carbocycles. The van der Waals surface area contributed by atoms with Gasteiger partial charge in [0.2, 0.25) is 15.9 Å². The smallest absolute Gasteiger partial charge is 0.240 e. The lowest BCUT2D eigenvalue weighted by atomic mass is 10.1. The maximum Gasteiger partial charge on any atom is 0.240 e. The molecule has 0 spiro atoms. The van der Waals surface area contributed by atoms with Gasteiger partial charge in [0.15, 0.2) is 0 Å². The van der Waals surface area contributed by atoms with Crippen molar-refractivity contribution in [3.63, 3.8) is 0 Å². The third kappa shape index (κ3) is 3.87. The molecule has 1 aromatic carbocycles. The molecule has 0 fully saturated rings.